The van der Waals surface area contributed by atoms with Gasteiger partial charge in [-0.15, -0.1) is 11.3 Å². The van der Waals surface area contributed by atoms with Gasteiger partial charge in [0.2, 0.25) is 6.08 Å². The van der Waals surface area contributed by atoms with Gasteiger partial charge in [0, 0.05) is 9.90 Å². The molecule has 0 saturated carbocycles. The number of carbonyl (C=O) groups excluding carboxylic acids is 2. The number of benzene rings is 1. The number of esters is 1. The van der Waals surface area contributed by atoms with Crippen LogP contribution in [0.15, 0.2) is 35.3 Å². The molecule has 96 valence electrons. The van der Waals surface area contributed by atoms with Crippen molar-refractivity contribution < 1.29 is 14.3 Å². The monoisotopic (exact) mass is 293 g/mol. The number of carbonyl (C=O) groups is 1. The summed E-state index contributed by atoms with van der Waals surface area (Å²) >= 11 is 7.12. The minimum atomic E-state index is -0.543. The van der Waals surface area contributed by atoms with Crippen LogP contribution in [0.4, 0.5) is 5.00 Å². The average Bonchev–Trinajstić information content (AvgIpc) is 2.82. The van der Waals surface area contributed by atoms with E-state index in [1.165, 1.54) is 24.5 Å². The second-order valence-corrected chi connectivity index (χ2v) is 5.00. The first kappa shape index (κ1) is 13.5. The van der Waals surface area contributed by atoms with Crippen molar-refractivity contribution in [2.24, 2.45) is 4.99 Å². The highest BCUT2D eigenvalue weighted by Gasteiger charge is 2.17. The molecule has 6 heteroatoms. The molecule has 0 unspecified atom stereocenters. The lowest BCUT2D eigenvalue weighted by Crippen LogP contribution is -1.98. The first-order valence-corrected chi connectivity index (χ1v) is 6.41. The van der Waals surface area contributed by atoms with E-state index in [2.05, 4.69) is 9.73 Å². The summed E-state index contributed by atoms with van der Waals surface area (Å²) in [5.41, 5.74) is 1.08. The molecule has 1 heterocycles. The lowest BCUT2D eigenvalue weighted by molar-refractivity contribution is 0.0602. The van der Waals surface area contributed by atoms with E-state index in [-0.39, 0.29) is 10.6 Å². The Balaban J connectivity index is 2.54. The van der Waals surface area contributed by atoms with Crippen molar-refractivity contribution >= 4 is 40.0 Å². The highest BCUT2D eigenvalue weighted by molar-refractivity contribution is 7.19. The van der Waals surface area contributed by atoms with Crippen LogP contribution in [-0.2, 0) is 9.53 Å². The number of aliphatic imine (C=N–C) groups is 1. The fraction of sp³-hybridized carbons (Fsp3) is 0.0769. The summed E-state index contributed by atoms with van der Waals surface area (Å²) in [5, 5.41) is 0.864. The quantitative estimate of drug-likeness (QED) is 0.491. The number of hydrogen-bond donors (Lipinski definition) is 0. The smallest absolute Gasteiger partial charge is 0.341 e. The third-order valence-electron chi connectivity index (χ3n) is 2.37. The minimum Gasteiger partial charge on any atom is -0.465 e. The number of isocyanates is 1. The van der Waals surface area contributed by atoms with E-state index in [1.807, 2.05) is 6.07 Å². The van der Waals surface area contributed by atoms with Gasteiger partial charge >= 0.3 is 5.97 Å². The number of thiophene rings is 1. The molecule has 1 aromatic heterocycles. The van der Waals surface area contributed by atoms with E-state index in [0.717, 1.165) is 10.4 Å². The fourth-order valence-electron chi connectivity index (χ4n) is 1.55. The van der Waals surface area contributed by atoms with Crippen molar-refractivity contribution in [2.75, 3.05) is 7.11 Å². The van der Waals surface area contributed by atoms with Crippen LogP contribution in [-0.4, -0.2) is 19.2 Å². The molecule has 2 aromatic rings. The number of nitrogens with zero attached hydrogens (tertiary/aromatic N) is 1. The van der Waals surface area contributed by atoms with E-state index in [0.29, 0.717) is 5.02 Å². The summed E-state index contributed by atoms with van der Waals surface area (Å²) in [6.45, 7) is 0. The van der Waals surface area contributed by atoms with Gasteiger partial charge in [0.25, 0.3) is 0 Å². The molecule has 0 aliphatic heterocycles. The molecule has 0 aliphatic rings. The lowest BCUT2D eigenvalue weighted by atomic mass is 10.1. The van der Waals surface area contributed by atoms with Crippen molar-refractivity contribution in [3.05, 3.63) is 40.9 Å². The van der Waals surface area contributed by atoms with E-state index >= 15 is 0 Å². The molecule has 0 spiro atoms. The first-order chi connectivity index (χ1) is 9.15. The predicted octanol–water partition coefficient (Wildman–Crippen LogP) is 3.82. The molecule has 4 nitrogen and oxygen atoms in total. The van der Waals surface area contributed by atoms with Gasteiger partial charge in [-0.2, -0.15) is 4.99 Å². The van der Waals surface area contributed by atoms with Gasteiger partial charge < -0.3 is 4.74 Å². The maximum absolute atomic E-state index is 11.6. The van der Waals surface area contributed by atoms with Crippen LogP contribution in [0.2, 0.25) is 5.02 Å². The molecule has 0 bridgehead atoms. The van der Waals surface area contributed by atoms with Gasteiger partial charge in [-0.05, 0) is 23.8 Å². The van der Waals surface area contributed by atoms with Crippen LogP contribution in [0.25, 0.3) is 10.4 Å². The van der Waals surface area contributed by atoms with Crippen molar-refractivity contribution in [1.29, 1.82) is 0 Å². The topological polar surface area (TPSA) is 55.7 Å². The zero-order chi connectivity index (χ0) is 13.8. The highest BCUT2D eigenvalue weighted by Crippen LogP contribution is 2.38. The summed E-state index contributed by atoms with van der Waals surface area (Å²) < 4.78 is 4.65. The van der Waals surface area contributed by atoms with Gasteiger partial charge in [0.1, 0.15) is 5.00 Å². The zero-order valence-corrected chi connectivity index (χ0v) is 11.4. The normalized spacial score (nSPS) is 9.79. The van der Waals surface area contributed by atoms with Crippen LogP contribution < -0.4 is 0 Å². The molecular formula is C13H8ClNO3S. The molecule has 0 saturated heterocycles. The fourth-order valence-corrected chi connectivity index (χ4v) is 2.70. The molecule has 0 radical (unpaired) electrons. The van der Waals surface area contributed by atoms with Gasteiger partial charge in [-0.3, -0.25) is 0 Å². The van der Waals surface area contributed by atoms with Gasteiger partial charge in [-0.25, -0.2) is 9.59 Å². The van der Waals surface area contributed by atoms with Crippen LogP contribution >= 0.6 is 22.9 Å². The van der Waals surface area contributed by atoms with Crippen LogP contribution in [0, 0.1) is 0 Å². The molecule has 0 fully saturated rings. The van der Waals surface area contributed by atoms with Crippen molar-refractivity contribution in [3.8, 4) is 10.4 Å². The molecule has 19 heavy (non-hydrogen) atoms. The third-order valence-corrected chi connectivity index (χ3v) is 3.69. The Morgan fingerprint density at radius 1 is 1.42 bits per heavy atom. The Morgan fingerprint density at radius 2 is 2.21 bits per heavy atom. The Kier molecular flexibility index (Phi) is 4.12. The minimum absolute atomic E-state index is 0.242. The number of methoxy groups -OCH3 is 1. The van der Waals surface area contributed by atoms with Gasteiger partial charge in [0.05, 0.1) is 12.7 Å². The lowest BCUT2D eigenvalue weighted by Gasteiger charge is -1.96. The average molecular weight is 294 g/mol. The number of rotatable bonds is 3. The van der Waals surface area contributed by atoms with E-state index in [9.17, 15) is 9.59 Å². The maximum Gasteiger partial charge on any atom is 0.341 e. The SMILES string of the molecule is COC(=O)c1cc(-c2cccc(Cl)c2)sc1N=C=O. The molecule has 0 aliphatic carbocycles. The largest absolute Gasteiger partial charge is 0.465 e. The summed E-state index contributed by atoms with van der Waals surface area (Å²) in [4.78, 5) is 26.3. The molecule has 2 rings (SSSR count). The molecule has 0 atom stereocenters. The highest BCUT2D eigenvalue weighted by atomic mass is 35.5. The second kappa shape index (κ2) is 5.80. The molecule has 0 N–H and O–H groups in total. The summed E-state index contributed by atoms with van der Waals surface area (Å²) in [5.74, 6) is -0.543. The second-order valence-electron chi connectivity index (χ2n) is 3.53. The summed E-state index contributed by atoms with van der Waals surface area (Å²) in [6, 6.07) is 8.80. The van der Waals surface area contributed by atoms with Crippen molar-refractivity contribution in [2.45, 2.75) is 0 Å². The first-order valence-electron chi connectivity index (χ1n) is 5.21. The predicted molar refractivity (Wildman–Crippen MR) is 73.9 cm³/mol. The Morgan fingerprint density at radius 3 is 2.84 bits per heavy atom. The zero-order valence-electron chi connectivity index (χ0n) is 9.84. The van der Waals surface area contributed by atoms with Gasteiger partial charge in [0.15, 0.2) is 0 Å². The number of ether oxygens (including phenoxy) is 1. The molecule has 0 amide bonds. The molecule has 1 aromatic carbocycles. The molecular weight excluding hydrogens is 286 g/mol. The van der Waals surface area contributed by atoms with Crippen LogP contribution in [0.3, 0.4) is 0 Å². The maximum atomic E-state index is 11.6. The van der Waals surface area contributed by atoms with E-state index < -0.39 is 5.97 Å². The number of hydrogen-bond acceptors (Lipinski definition) is 5. The van der Waals surface area contributed by atoms with Crippen LogP contribution in [0.1, 0.15) is 10.4 Å². The van der Waals surface area contributed by atoms with Crippen molar-refractivity contribution in [1.82, 2.24) is 0 Å². The van der Waals surface area contributed by atoms with Gasteiger partial charge in [-0.1, -0.05) is 23.7 Å². The number of halogens is 1. The third kappa shape index (κ3) is 2.90. The Hall–Kier alpha value is -1.94. The summed E-state index contributed by atoms with van der Waals surface area (Å²) in [6.07, 6.45) is 1.43. The van der Waals surface area contributed by atoms with Crippen molar-refractivity contribution in [3.63, 3.8) is 0 Å². The Labute approximate surface area is 118 Å². The van der Waals surface area contributed by atoms with Crippen LogP contribution in [0.5, 0.6) is 0 Å². The van der Waals surface area contributed by atoms with E-state index in [4.69, 9.17) is 11.6 Å². The standard InChI is InChI=1S/C13H8ClNO3S/c1-18-13(17)10-6-11(19-12(10)15-7-16)8-3-2-4-9(14)5-8/h2-6H,1H3. The Bertz CT molecular complexity index is 674. The summed E-state index contributed by atoms with van der Waals surface area (Å²) in [7, 11) is 1.27. The van der Waals surface area contributed by atoms with E-state index in [1.54, 1.807) is 24.3 Å².